The van der Waals surface area contributed by atoms with Crippen LogP contribution in [0, 0.1) is 12.3 Å². The molecule has 1 aromatic heterocycles. The van der Waals surface area contributed by atoms with Gasteiger partial charge in [0.25, 0.3) is 11.8 Å². The second-order valence-electron chi connectivity index (χ2n) is 13.1. The number of nitrogens with zero attached hydrogens (tertiary/aromatic N) is 4. The first-order chi connectivity index (χ1) is 19.7. The van der Waals surface area contributed by atoms with Crippen LogP contribution in [-0.4, -0.2) is 71.7 Å². The molecule has 10 nitrogen and oxygen atoms in total. The Morgan fingerprint density at radius 2 is 1.74 bits per heavy atom. The monoisotopic (exact) mass is 576 g/mol. The van der Waals surface area contributed by atoms with Crippen LogP contribution >= 0.6 is 0 Å². The Morgan fingerprint density at radius 1 is 1.02 bits per heavy atom. The molecule has 0 aliphatic carbocycles. The minimum atomic E-state index is -0.290. The Bertz CT molecular complexity index is 1430. The number of anilines is 1. The average Bonchev–Trinajstić information content (AvgIpc) is 3.42. The van der Waals surface area contributed by atoms with Gasteiger partial charge >= 0.3 is 0 Å². The van der Waals surface area contributed by atoms with E-state index in [1.54, 1.807) is 25.4 Å². The molecule has 42 heavy (non-hydrogen) atoms. The molecule has 0 bridgehead atoms. The maximum atomic E-state index is 13.6. The summed E-state index contributed by atoms with van der Waals surface area (Å²) < 4.78 is 12.9. The highest BCUT2D eigenvalue weighted by molar-refractivity contribution is 6.05. The van der Waals surface area contributed by atoms with E-state index in [2.05, 4.69) is 52.7 Å². The molecule has 0 radical (unpaired) electrons. The minimum absolute atomic E-state index is 0.0533. The summed E-state index contributed by atoms with van der Waals surface area (Å²) in [4.78, 5) is 28.6. The zero-order valence-corrected chi connectivity index (χ0v) is 26.1. The third-order valence-electron chi connectivity index (χ3n) is 7.21. The van der Waals surface area contributed by atoms with Crippen LogP contribution in [0.5, 0.6) is 5.75 Å². The van der Waals surface area contributed by atoms with Gasteiger partial charge in [0, 0.05) is 37.3 Å². The molecule has 0 atom stereocenters. The number of carbonyl (C=O) groups excluding carboxylic acids is 2. The van der Waals surface area contributed by atoms with Gasteiger partial charge in [0.2, 0.25) is 0 Å². The Labute approximate surface area is 248 Å². The first-order valence-corrected chi connectivity index (χ1v) is 14.4. The van der Waals surface area contributed by atoms with E-state index in [4.69, 9.17) is 9.47 Å². The molecule has 1 aliphatic rings. The predicted molar refractivity (Wildman–Crippen MR) is 164 cm³/mol. The van der Waals surface area contributed by atoms with Crippen LogP contribution in [0.15, 0.2) is 36.5 Å². The average molecular weight is 577 g/mol. The molecule has 0 unspecified atom stereocenters. The van der Waals surface area contributed by atoms with Crippen molar-refractivity contribution in [2.75, 3.05) is 45.3 Å². The Kier molecular flexibility index (Phi) is 9.37. The molecule has 3 aromatic rings. The van der Waals surface area contributed by atoms with Gasteiger partial charge in [0.05, 0.1) is 37.9 Å². The van der Waals surface area contributed by atoms with E-state index in [9.17, 15) is 9.59 Å². The molecule has 226 valence electrons. The topological polar surface area (TPSA) is 111 Å². The van der Waals surface area contributed by atoms with Gasteiger partial charge in [-0.3, -0.25) is 14.5 Å². The van der Waals surface area contributed by atoms with Gasteiger partial charge in [-0.15, -0.1) is 5.10 Å². The highest BCUT2D eigenvalue weighted by Gasteiger charge is 2.23. The number of aromatic nitrogens is 3. The number of methoxy groups -OCH3 is 1. The number of ether oxygens (including phenoxy) is 2. The van der Waals surface area contributed by atoms with Crippen molar-refractivity contribution in [2.24, 2.45) is 5.41 Å². The largest absolute Gasteiger partial charge is 0.494 e. The van der Waals surface area contributed by atoms with Crippen molar-refractivity contribution in [3.8, 4) is 11.4 Å². The van der Waals surface area contributed by atoms with Crippen LogP contribution in [0.2, 0.25) is 0 Å². The van der Waals surface area contributed by atoms with Gasteiger partial charge in [-0.25, -0.2) is 4.68 Å². The summed E-state index contributed by atoms with van der Waals surface area (Å²) >= 11 is 0. The summed E-state index contributed by atoms with van der Waals surface area (Å²) in [5.74, 6) is 0.0833. The fraction of sp³-hybridized carbons (Fsp3) is 0.500. The van der Waals surface area contributed by atoms with Gasteiger partial charge in [-0.1, -0.05) is 58.9 Å². The highest BCUT2D eigenvalue weighted by atomic mass is 16.5. The molecule has 1 fully saturated rings. The SMILES string of the molecule is COc1c(CN2CCOCC2)cc(C(C)(C)C)cc1NC(=O)c1ccc(C)c(-n2cc(C(=O)NCC(C)(C)C)nn2)c1. The first kappa shape index (κ1) is 31.2. The standard InChI is InChI=1S/C32H44N6O4/c1-21-9-10-22(16-27(21)38-19-26(35-36-38)30(40)33-20-31(2,3)4)29(39)34-25-17-24(32(5,6)7)15-23(28(25)41-8)18-37-11-13-42-14-12-37/h9-10,15-17,19H,11-14,18,20H2,1-8H3,(H,33,40)(H,34,39). The van der Waals surface area contributed by atoms with Crippen LogP contribution in [0.25, 0.3) is 5.69 Å². The van der Waals surface area contributed by atoms with Crippen molar-refractivity contribution in [1.29, 1.82) is 0 Å². The number of rotatable bonds is 8. The van der Waals surface area contributed by atoms with Gasteiger partial charge in [-0.2, -0.15) is 0 Å². The molecule has 4 rings (SSSR count). The zero-order valence-electron chi connectivity index (χ0n) is 26.1. The second-order valence-corrected chi connectivity index (χ2v) is 13.1. The number of benzene rings is 2. The normalized spacial score (nSPS) is 14.5. The lowest BCUT2D eigenvalue weighted by atomic mass is 9.85. The fourth-order valence-electron chi connectivity index (χ4n) is 4.69. The fourth-order valence-corrected chi connectivity index (χ4v) is 4.69. The highest BCUT2D eigenvalue weighted by Crippen LogP contribution is 2.36. The molecular weight excluding hydrogens is 532 g/mol. The van der Waals surface area contributed by atoms with Gasteiger partial charge in [0.15, 0.2) is 5.69 Å². The van der Waals surface area contributed by atoms with E-state index in [0.29, 0.717) is 49.0 Å². The van der Waals surface area contributed by atoms with Crippen LogP contribution < -0.4 is 15.4 Å². The van der Waals surface area contributed by atoms with Gasteiger partial charge in [-0.05, 0) is 47.1 Å². The quantitative estimate of drug-likeness (QED) is 0.399. The second kappa shape index (κ2) is 12.6. The van der Waals surface area contributed by atoms with Crippen molar-refractivity contribution < 1.29 is 19.1 Å². The van der Waals surface area contributed by atoms with Crippen LogP contribution in [0.4, 0.5) is 5.69 Å². The van der Waals surface area contributed by atoms with E-state index in [0.717, 1.165) is 29.8 Å². The molecule has 0 spiro atoms. The minimum Gasteiger partial charge on any atom is -0.494 e. The lowest BCUT2D eigenvalue weighted by molar-refractivity contribution is 0.0339. The molecule has 1 saturated heterocycles. The van der Waals surface area contributed by atoms with E-state index in [-0.39, 0.29) is 28.3 Å². The molecule has 0 saturated carbocycles. The molecule has 1 aliphatic heterocycles. The van der Waals surface area contributed by atoms with Crippen molar-refractivity contribution >= 4 is 17.5 Å². The van der Waals surface area contributed by atoms with Crippen LogP contribution in [0.3, 0.4) is 0 Å². The Morgan fingerprint density at radius 3 is 2.38 bits per heavy atom. The lowest BCUT2D eigenvalue weighted by Gasteiger charge is -2.29. The molecule has 2 N–H and O–H groups in total. The maximum Gasteiger partial charge on any atom is 0.273 e. The summed E-state index contributed by atoms with van der Waals surface area (Å²) in [6.07, 6.45) is 1.58. The number of nitrogens with one attached hydrogen (secondary N) is 2. The number of hydrogen-bond donors (Lipinski definition) is 2. The van der Waals surface area contributed by atoms with E-state index >= 15 is 0 Å². The number of carbonyl (C=O) groups is 2. The van der Waals surface area contributed by atoms with E-state index in [1.807, 2.05) is 39.8 Å². The maximum absolute atomic E-state index is 13.6. The summed E-state index contributed by atoms with van der Waals surface area (Å²) in [5.41, 5.74) is 4.77. The van der Waals surface area contributed by atoms with Crippen LogP contribution in [0.1, 0.15) is 79.1 Å². The van der Waals surface area contributed by atoms with Crippen molar-refractivity contribution in [3.05, 3.63) is 64.5 Å². The molecule has 2 heterocycles. The lowest BCUT2D eigenvalue weighted by Crippen LogP contribution is -2.35. The zero-order chi connectivity index (χ0) is 30.7. The molecule has 2 aromatic carbocycles. The molecular formula is C32H44N6O4. The summed E-state index contributed by atoms with van der Waals surface area (Å²) in [6, 6.07) is 9.56. The summed E-state index contributed by atoms with van der Waals surface area (Å²) in [6.45, 7) is 18.8. The Balaban J connectivity index is 1.61. The van der Waals surface area contributed by atoms with Gasteiger partial charge < -0.3 is 20.1 Å². The molecule has 2 amide bonds. The number of morpholine rings is 1. The van der Waals surface area contributed by atoms with Crippen molar-refractivity contribution in [2.45, 2.75) is 60.4 Å². The Hall–Kier alpha value is -3.76. The summed E-state index contributed by atoms with van der Waals surface area (Å²) in [5, 5.41) is 14.2. The van der Waals surface area contributed by atoms with E-state index < -0.39 is 0 Å². The van der Waals surface area contributed by atoms with Crippen molar-refractivity contribution in [3.63, 3.8) is 0 Å². The smallest absolute Gasteiger partial charge is 0.273 e. The predicted octanol–water partition coefficient (Wildman–Crippen LogP) is 4.74. The van der Waals surface area contributed by atoms with Crippen molar-refractivity contribution in [1.82, 2.24) is 25.2 Å². The third-order valence-corrected chi connectivity index (χ3v) is 7.21. The number of amides is 2. The number of aryl methyl sites for hydroxylation is 1. The van der Waals surface area contributed by atoms with E-state index in [1.165, 1.54) is 4.68 Å². The van der Waals surface area contributed by atoms with Gasteiger partial charge in [0.1, 0.15) is 5.75 Å². The summed E-state index contributed by atoms with van der Waals surface area (Å²) in [7, 11) is 1.63. The first-order valence-electron chi connectivity index (χ1n) is 14.4. The number of hydrogen-bond acceptors (Lipinski definition) is 7. The van der Waals surface area contributed by atoms with Crippen LogP contribution in [-0.2, 0) is 16.7 Å². The third kappa shape index (κ3) is 7.74. The molecule has 10 heteroatoms.